The molecule has 132 valence electrons. The van der Waals surface area contributed by atoms with Gasteiger partial charge in [-0.3, -0.25) is 9.59 Å². The smallest absolute Gasteiger partial charge is 0.315 e. The van der Waals surface area contributed by atoms with Crippen molar-refractivity contribution in [1.29, 1.82) is 0 Å². The molecule has 0 radical (unpaired) electrons. The molecule has 2 N–H and O–H groups in total. The zero-order valence-corrected chi connectivity index (χ0v) is 14.7. The molecule has 1 unspecified atom stereocenters. The molecule has 1 heterocycles. The molecule has 1 atom stereocenters. The number of carboxylic acid groups (broad SMARTS) is 1. The average Bonchev–Trinajstić information content (AvgIpc) is 2.61. The fourth-order valence-corrected chi connectivity index (χ4v) is 2.48. The lowest BCUT2D eigenvalue weighted by Gasteiger charge is -2.25. The van der Waals surface area contributed by atoms with Gasteiger partial charge in [0.1, 0.15) is 10.4 Å². The predicted molar refractivity (Wildman–Crippen MR) is 94.2 cm³/mol. The summed E-state index contributed by atoms with van der Waals surface area (Å²) in [5.74, 6) is -1.23. The first-order chi connectivity index (χ1) is 11.9. The number of aliphatic carboxylic acids is 1. The molecule has 0 bridgehead atoms. The number of nitrogens with zero attached hydrogens (tertiary/aromatic N) is 1. The predicted octanol–water partition coefficient (Wildman–Crippen LogP) is 2.91. The molecule has 0 aliphatic rings. The maximum Gasteiger partial charge on any atom is 0.315 e. The van der Waals surface area contributed by atoms with Crippen molar-refractivity contribution in [1.82, 2.24) is 10.3 Å². The molecule has 2 rings (SSSR count). The highest BCUT2D eigenvalue weighted by Gasteiger charge is 2.35. The van der Waals surface area contributed by atoms with Crippen molar-refractivity contribution in [3.63, 3.8) is 0 Å². The highest BCUT2D eigenvalue weighted by molar-refractivity contribution is 6.32. The van der Waals surface area contributed by atoms with Crippen molar-refractivity contribution in [2.24, 2.45) is 0 Å². The van der Waals surface area contributed by atoms with E-state index in [1.807, 2.05) is 0 Å². The molecule has 0 aliphatic heterocycles. The van der Waals surface area contributed by atoms with Crippen molar-refractivity contribution in [2.45, 2.75) is 19.3 Å². The van der Waals surface area contributed by atoms with Crippen LogP contribution in [-0.4, -0.2) is 35.1 Å². The summed E-state index contributed by atoms with van der Waals surface area (Å²) in [5.41, 5.74) is -0.417. The fraction of sp³-hybridized carbons (Fsp3) is 0.278. The summed E-state index contributed by atoms with van der Waals surface area (Å²) < 4.78 is 5.22. The summed E-state index contributed by atoms with van der Waals surface area (Å²) in [5, 5.41) is 12.5. The van der Waals surface area contributed by atoms with E-state index >= 15 is 0 Å². The largest absolute Gasteiger partial charge is 0.481 e. The number of ether oxygens (including phenoxy) is 1. The summed E-state index contributed by atoms with van der Waals surface area (Å²) >= 11 is 6.03. The number of carboxylic acids is 1. The monoisotopic (exact) mass is 362 g/mol. The van der Waals surface area contributed by atoms with Crippen LogP contribution in [0.25, 0.3) is 0 Å². The first kappa shape index (κ1) is 18.7. The number of hydrogen-bond acceptors (Lipinski definition) is 4. The molecule has 1 aromatic carbocycles. The van der Waals surface area contributed by atoms with Crippen LogP contribution >= 0.6 is 11.6 Å². The van der Waals surface area contributed by atoms with E-state index in [1.165, 1.54) is 12.3 Å². The van der Waals surface area contributed by atoms with Gasteiger partial charge in [0.2, 0.25) is 5.88 Å². The molecule has 0 spiro atoms. The van der Waals surface area contributed by atoms with Crippen LogP contribution in [-0.2, 0) is 10.2 Å². The van der Waals surface area contributed by atoms with E-state index in [0.29, 0.717) is 12.2 Å². The van der Waals surface area contributed by atoms with Crippen molar-refractivity contribution in [3.8, 4) is 5.88 Å². The second-order valence-corrected chi connectivity index (χ2v) is 6.04. The van der Waals surface area contributed by atoms with Gasteiger partial charge in [0.05, 0.1) is 12.2 Å². The van der Waals surface area contributed by atoms with Crippen molar-refractivity contribution < 1.29 is 19.4 Å². The molecular formula is C18H19ClN2O4. The van der Waals surface area contributed by atoms with Gasteiger partial charge in [-0.15, -0.1) is 0 Å². The van der Waals surface area contributed by atoms with Gasteiger partial charge in [0.15, 0.2) is 0 Å². The summed E-state index contributed by atoms with van der Waals surface area (Å²) in [7, 11) is 0. The molecule has 6 nitrogen and oxygen atoms in total. The Morgan fingerprint density at radius 3 is 2.56 bits per heavy atom. The van der Waals surface area contributed by atoms with Gasteiger partial charge < -0.3 is 15.2 Å². The van der Waals surface area contributed by atoms with E-state index in [0.717, 1.165) is 0 Å². The number of carbonyl (C=O) groups is 2. The number of nitrogens with one attached hydrogen (secondary N) is 1. The van der Waals surface area contributed by atoms with Crippen molar-refractivity contribution in [3.05, 3.63) is 58.7 Å². The van der Waals surface area contributed by atoms with Gasteiger partial charge in [-0.1, -0.05) is 41.9 Å². The SMILES string of the molecule is CCOc1ncc(C(=O)NCC(C)(C(=O)O)c2ccccc2)cc1Cl. The summed E-state index contributed by atoms with van der Waals surface area (Å²) in [6.45, 7) is 3.70. The number of amides is 1. The molecule has 1 aromatic heterocycles. The molecule has 7 heteroatoms. The van der Waals surface area contributed by atoms with Crippen LogP contribution in [0.4, 0.5) is 0 Å². The number of carbonyl (C=O) groups excluding carboxylic acids is 1. The zero-order valence-electron chi connectivity index (χ0n) is 14.0. The van der Waals surface area contributed by atoms with Crippen LogP contribution in [0.1, 0.15) is 29.8 Å². The fourth-order valence-electron chi connectivity index (χ4n) is 2.26. The van der Waals surface area contributed by atoms with Crippen LogP contribution in [0.15, 0.2) is 42.6 Å². The highest BCUT2D eigenvalue weighted by atomic mass is 35.5. The van der Waals surface area contributed by atoms with Crippen LogP contribution in [0, 0.1) is 0 Å². The highest BCUT2D eigenvalue weighted by Crippen LogP contribution is 2.24. The molecule has 0 aliphatic carbocycles. The normalized spacial score (nSPS) is 12.9. The standard InChI is InChI=1S/C18H19ClN2O4/c1-3-25-16-14(19)9-12(10-20-16)15(22)21-11-18(2,17(23)24)13-7-5-4-6-8-13/h4-10H,3,11H2,1-2H3,(H,21,22)(H,23,24). The lowest BCUT2D eigenvalue weighted by molar-refractivity contribution is -0.142. The molecule has 0 saturated carbocycles. The van der Waals surface area contributed by atoms with Crippen molar-refractivity contribution in [2.75, 3.05) is 13.2 Å². The number of hydrogen-bond donors (Lipinski definition) is 2. The van der Waals surface area contributed by atoms with Crippen LogP contribution in [0.2, 0.25) is 5.02 Å². The quantitative estimate of drug-likeness (QED) is 0.790. The third kappa shape index (κ3) is 4.28. The minimum Gasteiger partial charge on any atom is -0.481 e. The van der Waals surface area contributed by atoms with Gasteiger partial charge in [-0.05, 0) is 25.5 Å². The van der Waals surface area contributed by atoms with Gasteiger partial charge in [-0.2, -0.15) is 0 Å². The van der Waals surface area contributed by atoms with E-state index in [1.54, 1.807) is 44.2 Å². The van der Waals surface area contributed by atoms with Gasteiger partial charge in [-0.25, -0.2) is 4.98 Å². The number of pyridine rings is 1. The first-order valence-corrected chi connectivity index (χ1v) is 8.11. The minimum atomic E-state index is -1.25. The average molecular weight is 363 g/mol. The van der Waals surface area contributed by atoms with E-state index < -0.39 is 17.3 Å². The van der Waals surface area contributed by atoms with Gasteiger partial charge in [0, 0.05) is 12.7 Å². The molecular weight excluding hydrogens is 344 g/mol. The Morgan fingerprint density at radius 2 is 2.00 bits per heavy atom. The molecule has 0 saturated heterocycles. The first-order valence-electron chi connectivity index (χ1n) is 7.74. The number of benzene rings is 1. The maximum atomic E-state index is 12.3. The lowest BCUT2D eigenvalue weighted by Crippen LogP contribution is -2.44. The van der Waals surface area contributed by atoms with E-state index in [-0.39, 0.29) is 23.0 Å². The summed E-state index contributed by atoms with van der Waals surface area (Å²) in [6.07, 6.45) is 1.34. The van der Waals surface area contributed by atoms with Crippen LogP contribution < -0.4 is 10.1 Å². The van der Waals surface area contributed by atoms with Crippen molar-refractivity contribution >= 4 is 23.5 Å². The molecule has 0 fully saturated rings. The van der Waals surface area contributed by atoms with Crippen LogP contribution in [0.5, 0.6) is 5.88 Å². The third-order valence-corrected chi connectivity index (χ3v) is 4.11. The molecule has 25 heavy (non-hydrogen) atoms. The second-order valence-electron chi connectivity index (χ2n) is 5.63. The maximum absolute atomic E-state index is 12.3. The number of aromatic nitrogens is 1. The van der Waals surface area contributed by atoms with Crippen LogP contribution in [0.3, 0.4) is 0 Å². The van der Waals surface area contributed by atoms with E-state index in [9.17, 15) is 14.7 Å². The molecule has 2 aromatic rings. The Morgan fingerprint density at radius 1 is 1.32 bits per heavy atom. The Kier molecular flexibility index (Phi) is 5.98. The van der Waals surface area contributed by atoms with E-state index in [4.69, 9.17) is 16.3 Å². The number of halogens is 1. The second kappa shape index (κ2) is 7.98. The summed E-state index contributed by atoms with van der Waals surface area (Å²) in [6, 6.07) is 10.2. The third-order valence-electron chi connectivity index (χ3n) is 3.84. The van der Waals surface area contributed by atoms with E-state index in [2.05, 4.69) is 10.3 Å². The summed E-state index contributed by atoms with van der Waals surface area (Å²) in [4.78, 5) is 28.1. The Labute approximate surface area is 150 Å². The van der Waals surface area contributed by atoms with Gasteiger partial charge >= 0.3 is 5.97 Å². The topological polar surface area (TPSA) is 88.5 Å². The minimum absolute atomic E-state index is 0.0734. The Bertz CT molecular complexity index is 767. The Balaban J connectivity index is 2.14. The lowest BCUT2D eigenvalue weighted by atomic mass is 9.82. The zero-order chi connectivity index (χ0) is 18.4. The number of rotatable bonds is 7. The van der Waals surface area contributed by atoms with Gasteiger partial charge in [0.25, 0.3) is 5.91 Å². The Hall–Kier alpha value is -2.60. The molecule has 1 amide bonds.